The quantitative estimate of drug-likeness (QED) is 0.795. The van der Waals surface area contributed by atoms with Gasteiger partial charge in [0.2, 0.25) is 0 Å². The molecule has 0 saturated heterocycles. The second-order valence-corrected chi connectivity index (χ2v) is 5.84. The van der Waals surface area contributed by atoms with Crippen molar-refractivity contribution in [3.63, 3.8) is 0 Å². The zero-order chi connectivity index (χ0) is 15.5. The van der Waals surface area contributed by atoms with Gasteiger partial charge in [0.25, 0.3) is 0 Å². The van der Waals surface area contributed by atoms with Crippen molar-refractivity contribution in [1.82, 2.24) is 0 Å². The van der Waals surface area contributed by atoms with Crippen LogP contribution in [-0.4, -0.2) is 22.6 Å². The van der Waals surface area contributed by atoms with Gasteiger partial charge < -0.3 is 13.7 Å². The van der Waals surface area contributed by atoms with Crippen LogP contribution in [0, 0.1) is 6.92 Å². The molecule has 21 heavy (non-hydrogen) atoms. The molecule has 0 aromatic heterocycles. The molecule has 0 fully saturated rings. The summed E-state index contributed by atoms with van der Waals surface area (Å²) in [6, 6.07) is 11.3. The van der Waals surface area contributed by atoms with Crippen molar-refractivity contribution in [3.8, 4) is 17.2 Å². The van der Waals surface area contributed by atoms with Crippen LogP contribution in [0.2, 0.25) is 0 Å². The van der Waals surface area contributed by atoms with Crippen molar-refractivity contribution in [2.24, 2.45) is 0 Å². The third-order valence-corrected chi connectivity index (χ3v) is 4.17. The van der Waals surface area contributed by atoms with Gasteiger partial charge in [-0.3, -0.25) is 0 Å². The fourth-order valence-corrected chi connectivity index (χ4v) is 2.96. The van der Waals surface area contributed by atoms with Gasteiger partial charge in [0.1, 0.15) is 17.2 Å². The van der Waals surface area contributed by atoms with Gasteiger partial charge in [-0.05, 0) is 30.7 Å². The van der Waals surface area contributed by atoms with E-state index in [4.69, 9.17) is 13.7 Å². The number of benzene rings is 2. The summed E-state index contributed by atoms with van der Waals surface area (Å²) in [5.74, 6) is 0.898. The fourth-order valence-electron chi connectivity index (χ4n) is 1.87. The highest BCUT2D eigenvalue weighted by Gasteiger charge is 2.24. The number of hydrogen-bond acceptors (Lipinski definition) is 5. The van der Waals surface area contributed by atoms with Crippen molar-refractivity contribution >= 4 is 10.1 Å². The van der Waals surface area contributed by atoms with E-state index in [0.29, 0.717) is 5.75 Å². The third kappa shape index (κ3) is 3.28. The summed E-state index contributed by atoms with van der Waals surface area (Å²) < 4.78 is 40.2. The second-order valence-electron chi connectivity index (χ2n) is 4.32. The predicted molar refractivity (Wildman–Crippen MR) is 78.5 cm³/mol. The number of rotatable bonds is 5. The molecule has 112 valence electrons. The van der Waals surface area contributed by atoms with Gasteiger partial charge in [-0.15, -0.1) is 0 Å². The SMILES string of the molecule is COc1cc(S(=O)(=O)Oc2ccccc2)c(OC)cc1C. The third-order valence-electron chi connectivity index (χ3n) is 2.90. The first kappa shape index (κ1) is 15.2. The van der Waals surface area contributed by atoms with E-state index in [9.17, 15) is 8.42 Å². The zero-order valence-corrected chi connectivity index (χ0v) is 12.8. The zero-order valence-electron chi connectivity index (χ0n) is 12.0. The second kappa shape index (κ2) is 6.05. The lowest BCUT2D eigenvalue weighted by Gasteiger charge is -2.13. The molecule has 0 amide bonds. The maximum absolute atomic E-state index is 12.4. The smallest absolute Gasteiger partial charge is 0.343 e. The number of hydrogen-bond donors (Lipinski definition) is 0. The molecule has 0 aliphatic carbocycles. The van der Waals surface area contributed by atoms with Gasteiger partial charge in [-0.2, -0.15) is 8.42 Å². The highest BCUT2D eigenvalue weighted by Crippen LogP contribution is 2.33. The molecule has 2 aromatic carbocycles. The maximum Gasteiger partial charge on any atom is 0.343 e. The van der Waals surface area contributed by atoms with Crippen molar-refractivity contribution in [2.45, 2.75) is 11.8 Å². The Morgan fingerprint density at radius 3 is 2.10 bits per heavy atom. The van der Waals surface area contributed by atoms with Crippen LogP contribution >= 0.6 is 0 Å². The van der Waals surface area contributed by atoms with Crippen LogP contribution in [0.5, 0.6) is 17.2 Å². The summed E-state index contributed by atoms with van der Waals surface area (Å²) in [6.45, 7) is 1.80. The molecule has 0 aliphatic rings. The predicted octanol–water partition coefficient (Wildman–Crippen LogP) is 2.78. The minimum atomic E-state index is -4.01. The Bertz CT molecular complexity index is 723. The number of aryl methyl sites for hydroxylation is 1. The van der Waals surface area contributed by atoms with E-state index in [0.717, 1.165) is 5.56 Å². The van der Waals surface area contributed by atoms with Crippen LogP contribution in [0.15, 0.2) is 47.4 Å². The molecule has 0 spiro atoms. The van der Waals surface area contributed by atoms with Crippen molar-refractivity contribution < 1.29 is 22.1 Å². The lowest BCUT2D eigenvalue weighted by molar-refractivity contribution is 0.386. The van der Waals surface area contributed by atoms with Crippen LogP contribution in [0.3, 0.4) is 0 Å². The summed E-state index contributed by atoms with van der Waals surface area (Å²) in [5, 5.41) is 0. The average Bonchev–Trinajstić information content (AvgIpc) is 2.47. The van der Waals surface area contributed by atoms with Gasteiger partial charge in [0.05, 0.1) is 14.2 Å². The average molecular weight is 308 g/mol. The van der Waals surface area contributed by atoms with Crippen LogP contribution in [0.4, 0.5) is 0 Å². The molecule has 0 saturated carbocycles. The number of methoxy groups -OCH3 is 2. The summed E-state index contributed by atoms with van der Waals surface area (Å²) in [5.41, 5.74) is 0.771. The fraction of sp³-hybridized carbons (Fsp3) is 0.200. The van der Waals surface area contributed by atoms with Crippen LogP contribution in [0.1, 0.15) is 5.56 Å². The molecular weight excluding hydrogens is 292 g/mol. The topological polar surface area (TPSA) is 61.8 Å². The van der Waals surface area contributed by atoms with E-state index in [1.165, 1.54) is 20.3 Å². The highest BCUT2D eigenvalue weighted by atomic mass is 32.2. The van der Waals surface area contributed by atoms with Crippen molar-refractivity contribution in [1.29, 1.82) is 0 Å². The van der Waals surface area contributed by atoms with E-state index in [2.05, 4.69) is 0 Å². The van der Waals surface area contributed by atoms with E-state index in [1.807, 2.05) is 0 Å². The Morgan fingerprint density at radius 1 is 0.905 bits per heavy atom. The van der Waals surface area contributed by atoms with E-state index in [1.54, 1.807) is 43.3 Å². The summed E-state index contributed by atoms with van der Waals surface area (Å²) >= 11 is 0. The maximum atomic E-state index is 12.4. The summed E-state index contributed by atoms with van der Waals surface area (Å²) in [7, 11) is -1.13. The first-order chi connectivity index (χ1) is 9.97. The first-order valence-corrected chi connectivity index (χ1v) is 7.61. The molecule has 0 radical (unpaired) electrons. The Kier molecular flexibility index (Phi) is 4.37. The molecule has 0 bridgehead atoms. The number of para-hydroxylation sites is 1. The van der Waals surface area contributed by atoms with Crippen molar-refractivity contribution in [3.05, 3.63) is 48.0 Å². The van der Waals surface area contributed by atoms with E-state index >= 15 is 0 Å². The van der Waals surface area contributed by atoms with Gasteiger partial charge in [0.15, 0.2) is 4.90 Å². The molecule has 0 atom stereocenters. The molecule has 0 unspecified atom stereocenters. The molecule has 2 aromatic rings. The molecule has 0 N–H and O–H groups in total. The van der Waals surface area contributed by atoms with Gasteiger partial charge in [-0.1, -0.05) is 18.2 Å². The van der Waals surface area contributed by atoms with Gasteiger partial charge in [0, 0.05) is 6.07 Å². The van der Waals surface area contributed by atoms with Gasteiger partial charge >= 0.3 is 10.1 Å². The lowest BCUT2D eigenvalue weighted by atomic mass is 10.2. The molecule has 5 nitrogen and oxygen atoms in total. The standard InChI is InChI=1S/C15H16O5S/c1-11-9-14(19-3)15(10-13(11)18-2)21(16,17)20-12-7-5-4-6-8-12/h4-10H,1-3H3. The normalized spacial score (nSPS) is 11.0. The van der Waals surface area contributed by atoms with E-state index in [-0.39, 0.29) is 16.4 Å². The molecule has 2 rings (SSSR count). The first-order valence-electron chi connectivity index (χ1n) is 6.20. The number of ether oxygens (including phenoxy) is 2. The lowest BCUT2D eigenvalue weighted by Crippen LogP contribution is -2.11. The van der Waals surface area contributed by atoms with Crippen LogP contribution in [0.25, 0.3) is 0 Å². The van der Waals surface area contributed by atoms with Crippen LogP contribution < -0.4 is 13.7 Å². The minimum absolute atomic E-state index is 0.0729. The molecule has 0 heterocycles. The highest BCUT2D eigenvalue weighted by molar-refractivity contribution is 7.87. The van der Waals surface area contributed by atoms with Gasteiger partial charge in [-0.25, -0.2) is 0 Å². The monoisotopic (exact) mass is 308 g/mol. The van der Waals surface area contributed by atoms with Crippen molar-refractivity contribution in [2.75, 3.05) is 14.2 Å². The minimum Gasteiger partial charge on any atom is -0.496 e. The Balaban J connectivity index is 2.48. The summed E-state index contributed by atoms with van der Waals surface area (Å²) in [6.07, 6.45) is 0. The Hall–Kier alpha value is -2.21. The van der Waals surface area contributed by atoms with E-state index < -0.39 is 10.1 Å². The largest absolute Gasteiger partial charge is 0.496 e. The summed E-state index contributed by atoms with van der Waals surface area (Å²) in [4.78, 5) is -0.0729. The molecular formula is C15H16O5S. The molecule has 6 heteroatoms. The Labute approximate surface area is 124 Å². The molecule has 0 aliphatic heterocycles. The van der Waals surface area contributed by atoms with Crippen LogP contribution in [-0.2, 0) is 10.1 Å². The Morgan fingerprint density at radius 2 is 1.52 bits per heavy atom.